The molecule has 2 fully saturated rings. The second kappa shape index (κ2) is 6.20. The number of piperazine rings is 1. The van der Waals surface area contributed by atoms with Gasteiger partial charge in [0.05, 0.1) is 0 Å². The molecular weight excluding hydrogens is 264 g/mol. The Morgan fingerprint density at radius 3 is 2.76 bits per heavy atom. The van der Waals surface area contributed by atoms with E-state index in [1.807, 2.05) is 16.7 Å². The van der Waals surface area contributed by atoms with Crippen LogP contribution >= 0.6 is 0 Å². The van der Waals surface area contributed by atoms with Gasteiger partial charge >= 0.3 is 0 Å². The number of carbonyl (C=O) groups excluding carboxylic acids is 2. The Morgan fingerprint density at radius 2 is 2.05 bits per heavy atom. The van der Waals surface area contributed by atoms with E-state index in [1.165, 1.54) is 24.8 Å². The molecule has 3 rings (SSSR count). The summed E-state index contributed by atoms with van der Waals surface area (Å²) < 4.78 is 0. The number of carbonyl (C=O) groups is 2. The molecule has 0 radical (unpaired) electrons. The molecule has 0 aromatic carbocycles. The first kappa shape index (κ1) is 14.6. The zero-order chi connectivity index (χ0) is 14.8. The van der Waals surface area contributed by atoms with Crippen molar-refractivity contribution < 1.29 is 9.59 Å². The summed E-state index contributed by atoms with van der Waals surface area (Å²) in [5, 5.41) is 0. The lowest BCUT2D eigenvalue weighted by Crippen LogP contribution is -2.65. The van der Waals surface area contributed by atoms with Crippen molar-refractivity contribution in [2.45, 2.75) is 70.4 Å². The number of rotatable bonds is 4. The summed E-state index contributed by atoms with van der Waals surface area (Å²) in [4.78, 5) is 29.2. The van der Waals surface area contributed by atoms with E-state index in [0.29, 0.717) is 0 Å². The molecule has 2 saturated heterocycles. The van der Waals surface area contributed by atoms with Crippen LogP contribution in [0.5, 0.6) is 0 Å². The first-order valence-electron chi connectivity index (χ1n) is 8.51. The summed E-state index contributed by atoms with van der Waals surface area (Å²) in [6.07, 6.45) is 10.5. The van der Waals surface area contributed by atoms with Crippen LogP contribution in [0.2, 0.25) is 0 Å². The molecule has 0 aromatic rings. The van der Waals surface area contributed by atoms with E-state index in [9.17, 15) is 9.59 Å². The summed E-state index contributed by atoms with van der Waals surface area (Å²) in [7, 11) is 0. The van der Waals surface area contributed by atoms with Gasteiger partial charge < -0.3 is 9.80 Å². The maximum absolute atomic E-state index is 12.8. The first-order chi connectivity index (χ1) is 10.2. The molecular formula is C17H26N2O2. The Hall–Kier alpha value is -1.32. The van der Waals surface area contributed by atoms with Gasteiger partial charge in [-0.05, 0) is 51.4 Å². The maximum Gasteiger partial charge on any atom is 0.246 e. The first-order valence-corrected chi connectivity index (χ1v) is 8.51. The fourth-order valence-electron chi connectivity index (χ4n) is 4.01. The molecule has 0 aromatic heterocycles. The van der Waals surface area contributed by atoms with Crippen molar-refractivity contribution in [2.24, 2.45) is 0 Å². The van der Waals surface area contributed by atoms with Crippen LogP contribution in [-0.4, -0.2) is 46.8 Å². The van der Waals surface area contributed by atoms with Gasteiger partial charge in [-0.1, -0.05) is 18.6 Å². The van der Waals surface area contributed by atoms with Crippen molar-refractivity contribution in [1.29, 1.82) is 0 Å². The quantitative estimate of drug-likeness (QED) is 0.746. The van der Waals surface area contributed by atoms with Crippen LogP contribution < -0.4 is 0 Å². The van der Waals surface area contributed by atoms with E-state index in [4.69, 9.17) is 0 Å². The smallest absolute Gasteiger partial charge is 0.246 e. The average molecular weight is 290 g/mol. The van der Waals surface area contributed by atoms with Gasteiger partial charge in [0.2, 0.25) is 11.8 Å². The molecule has 0 N–H and O–H groups in total. The standard InChI is InChI=1S/C17H26N2O2/c1-2-14-16(20)18-11-6-5-9-15(18)17(21)19(14)12-10-13-7-3-4-8-13/h7,14-15H,2-6,8-12H2,1H3. The summed E-state index contributed by atoms with van der Waals surface area (Å²) in [5.74, 6) is 0.377. The Bertz CT molecular complexity index is 458. The van der Waals surface area contributed by atoms with E-state index < -0.39 is 0 Å². The number of hydrogen-bond donors (Lipinski definition) is 0. The molecule has 1 aliphatic carbocycles. The lowest BCUT2D eigenvalue weighted by atomic mass is 9.94. The Morgan fingerprint density at radius 1 is 1.19 bits per heavy atom. The predicted octanol–water partition coefficient (Wildman–Crippen LogP) is 2.49. The lowest BCUT2D eigenvalue weighted by molar-refractivity contribution is -0.163. The van der Waals surface area contributed by atoms with E-state index >= 15 is 0 Å². The van der Waals surface area contributed by atoms with Gasteiger partial charge in [0, 0.05) is 13.1 Å². The van der Waals surface area contributed by atoms with Gasteiger partial charge in [0.25, 0.3) is 0 Å². The Kier molecular flexibility index (Phi) is 4.32. The molecule has 4 nitrogen and oxygen atoms in total. The van der Waals surface area contributed by atoms with Crippen molar-refractivity contribution >= 4 is 11.8 Å². The zero-order valence-corrected chi connectivity index (χ0v) is 13.0. The molecule has 2 unspecified atom stereocenters. The van der Waals surface area contributed by atoms with E-state index in [0.717, 1.165) is 45.2 Å². The second-order valence-electron chi connectivity index (χ2n) is 6.50. The topological polar surface area (TPSA) is 40.6 Å². The molecule has 2 atom stereocenters. The molecule has 2 heterocycles. The van der Waals surface area contributed by atoms with Crippen LogP contribution in [0.3, 0.4) is 0 Å². The minimum Gasteiger partial charge on any atom is -0.329 e. The van der Waals surface area contributed by atoms with Gasteiger partial charge in [-0.25, -0.2) is 0 Å². The fourth-order valence-corrected chi connectivity index (χ4v) is 4.01. The molecule has 116 valence electrons. The van der Waals surface area contributed by atoms with Crippen LogP contribution in [0.1, 0.15) is 58.3 Å². The van der Waals surface area contributed by atoms with Gasteiger partial charge in [-0.15, -0.1) is 0 Å². The largest absolute Gasteiger partial charge is 0.329 e. The van der Waals surface area contributed by atoms with Crippen molar-refractivity contribution in [2.75, 3.05) is 13.1 Å². The van der Waals surface area contributed by atoms with Crippen molar-refractivity contribution in [3.63, 3.8) is 0 Å². The van der Waals surface area contributed by atoms with E-state index in [2.05, 4.69) is 6.08 Å². The highest BCUT2D eigenvalue weighted by Gasteiger charge is 2.45. The van der Waals surface area contributed by atoms with Gasteiger partial charge in [-0.3, -0.25) is 9.59 Å². The molecule has 0 bridgehead atoms. The average Bonchev–Trinajstić information content (AvgIpc) is 3.03. The number of nitrogens with zero attached hydrogens (tertiary/aromatic N) is 2. The SMILES string of the molecule is CCC1C(=O)N2CCCCC2C(=O)N1CCC1=CCCC1. The third kappa shape index (κ3) is 2.72. The van der Waals surface area contributed by atoms with Gasteiger partial charge in [0.1, 0.15) is 12.1 Å². The highest BCUT2D eigenvalue weighted by molar-refractivity contribution is 5.97. The third-order valence-corrected chi connectivity index (χ3v) is 5.21. The summed E-state index contributed by atoms with van der Waals surface area (Å²) in [6, 6.07) is -0.402. The van der Waals surface area contributed by atoms with Crippen molar-refractivity contribution in [3.8, 4) is 0 Å². The Balaban J connectivity index is 1.73. The number of fused-ring (bicyclic) bond motifs is 1. The molecule has 3 aliphatic rings. The zero-order valence-electron chi connectivity index (χ0n) is 13.0. The van der Waals surface area contributed by atoms with Gasteiger partial charge in [0.15, 0.2) is 0 Å². The molecule has 2 amide bonds. The Labute approximate surface area is 127 Å². The fraction of sp³-hybridized carbons (Fsp3) is 0.765. The number of piperidine rings is 1. The molecule has 0 spiro atoms. The summed E-state index contributed by atoms with van der Waals surface area (Å²) >= 11 is 0. The lowest BCUT2D eigenvalue weighted by Gasteiger charge is -2.47. The van der Waals surface area contributed by atoms with Crippen LogP contribution in [0.4, 0.5) is 0 Å². The second-order valence-corrected chi connectivity index (χ2v) is 6.50. The summed E-state index contributed by atoms with van der Waals surface area (Å²) in [5.41, 5.74) is 1.47. The highest BCUT2D eigenvalue weighted by atomic mass is 16.2. The number of hydrogen-bond acceptors (Lipinski definition) is 2. The van der Waals surface area contributed by atoms with Crippen LogP contribution in [-0.2, 0) is 9.59 Å². The molecule has 0 saturated carbocycles. The summed E-state index contributed by atoms with van der Waals surface area (Å²) in [6.45, 7) is 3.51. The van der Waals surface area contributed by atoms with Crippen LogP contribution in [0, 0.1) is 0 Å². The van der Waals surface area contributed by atoms with Crippen LogP contribution in [0.15, 0.2) is 11.6 Å². The predicted molar refractivity (Wildman–Crippen MR) is 81.7 cm³/mol. The minimum absolute atomic E-state index is 0.174. The molecule has 2 aliphatic heterocycles. The number of amides is 2. The minimum atomic E-state index is -0.228. The monoisotopic (exact) mass is 290 g/mol. The number of allylic oxidation sites excluding steroid dienone is 1. The van der Waals surface area contributed by atoms with Crippen molar-refractivity contribution in [3.05, 3.63) is 11.6 Å². The highest BCUT2D eigenvalue weighted by Crippen LogP contribution is 2.29. The van der Waals surface area contributed by atoms with Gasteiger partial charge in [-0.2, -0.15) is 0 Å². The van der Waals surface area contributed by atoms with E-state index in [1.54, 1.807) is 0 Å². The van der Waals surface area contributed by atoms with Crippen molar-refractivity contribution in [1.82, 2.24) is 9.80 Å². The molecule has 4 heteroatoms. The maximum atomic E-state index is 12.8. The normalized spacial score (nSPS) is 29.7. The molecule has 21 heavy (non-hydrogen) atoms. The van der Waals surface area contributed by atoms with E-state index in [-0.39, 0.29) is 23.9 Å². The third-order valence-electron chi connectivity index (χ3n) is 5.21. The van der Waals surface area contributed by atoms with Crippen LogP contribution in [0.25, 0.3) is 0 Å².